The topological polar surface area (TPSA) is 42.4 Å². The summed E-state index contributed by atoms with van der Waals surface area (Å²) in [6.45, 7) is 5.19. The normalized spacial score (nSPS) is 19.2. The minimum atomic E-state index is 0.0447. The van der Waals surface area contributed by atoms with E-state index in [4.69, 9.17) is 4.74 Å². The van der Waals surface area contributed by atoms with Gasteiger partial charge in [0.1, 0.15) is 11.1 Å². The van der Waals surface area contributed by atoms with E-state index in [-0.39, 0.29) is 11.9 Å². The quantitative estimate of drug-likeness (QED) is 0.795. The van der Waals surface area contributed by atoms with Crippen LogP contribution in [-0.4, -0.2) is 41.9 Å². The fourth-order valence-corrected chi connectivity index (χ4v) is 3.27. The van der Waals surface area contributed by atoms with Crippen molar-refractivity contribution in [3.63, 3.8) is 0 Å². The number of aromatic nitrogens is 1. The van der Waals surface area contributed by atoms with Crippen LogP contribution in [0, 0.1) is 6.92 Å². The molecule has 1 aromatic carbocycles. The van der Waals surface area contributed by atoms with Crippen molar-refractivity contribution in [1.29, 1.82) is 0 Å². The van der Waals surface area contributed by atoms with E-state index in [0.29, 0.717) is 13.0 Å². The highest BCUT2D eigenvalue weighted by Crippen LogP contribution is 2.24. The van der Waals surface area contributed by atoms with E-state index in [2.05, 4.69) is 9.88 Å². The van der Waals surface area contributed by atoms with E-state index < -0.39 is 0 Å². The van der Waals surface area contributed by atoms with Crippen molar-refractivity contribution < 1.29 is 9.53 Å². The van der Waals surface area contributed by atoms with Gasteiger partial charge in [-0.05, 0) is 6.92 Å². The predicted molar refractivity (Wildman–Crippen MR) is 87.4 cm³/mol. The molecule has 0 aliphatic carbocycles. The lowest BCUT2D eigenvalue weighted by atomic mass is 10.1. The Labute approximate surface area is 134 Å². The van der Waals surface area contributed by atoms with Gasteiger partial charge in [0.05, 0.1) is 6.61 Å². The first-order chi connectivity index (χ1) is 10.7. The second kappa shape index (κ2) is 7.13. The first-order valence-corrected chi connectivity index (χ1v) is 8.43. The van der Waals surface area contributed by atoms with Crippen molar-refractivity contribution >= 4 is 17.1 Å². The van der Waals surface area contributed by atoms with E-state index in [1.807, 2.05) is 42.8 Å². The number of rotatable bonds is 5. The maximum atomic E-state index is 12.2. The molecule has 0 unspecified atom stereocenters. The number of nitrogens with zero attached hydrogens (tertiary/aromatic N) is 2. The molecule has 1 aromatic heterocycles. The molecule has 1 aliphatic rings. The summed E-state index contributed by atoms with van der Waals surface area (Å²) in [7, 11) is 0. The van der Waals surface area contributed by atoms with Gasteiger partial charge in [-0.25, -0.2) is 4.98 Å². The summed E-state index contributed by atoms with van der Waals surface area (Å²) < 4.78 is 5.78. The van der Waals surface area contributed by atoms with Crippen LogP contribution in [0.1, 0.15) is 33.5 Å². The van der Waals surface area contributed by atoms with E-state index >= 15 is 0 Å². The van der Waals surface area contributed by atoms with E-state index in [1.54, 1.807) is 11.3 Å². The van der Waals surface area contributed by atoms with Gasteiger partial charge in [0, 0.05) is 43.2 Å². The van der Waals surface area contributed by atoms with Gasteiger partial charge < -0.3 is 4.74 Å². The summed E-state index contributed by atoms with van der Waals surface area (Å²) >= 11 is 1.62. The van der Waals surface area contributed by atoms with Gasteiger partial charge in [-0.1, -0.05) is 29.8 Å². The van der Waals surface area contributed by atoms with Gasteiger partial charge in [0.2, 0.25) is 0 Å². The number of carbonyl (C=O) groups excluding carboxylic acids is 1. The lowest BCUT2D eigenvalue weighted by Gasteiger charge is -2.31. The van der Waals surface area contributed by atoms with Crippen LogP contribution in [0.15, 0.2) is 35.8 Å². The number of benzene rings is 1. The summed E-state index contributed by atoms with van der Waals surface area (Å²) in [5.74, 6) is 0.206. The lowest BCUT2D eigenvalue weighted by molar-refractivity contribution is -0.0298. The van der Waals surface area contributed by atoms with Crippen LogP contribution in [0.4, 0.5) is 0 Å². The highest BCUT2D eigenvalue weighted by molar-refractivity contribution is 7.09. The fraction of sp³-hybridized carbons (Fsp3) is 0.412. The summed E-state index contributed by atoms with van der Waals surface area (Å²) in [4.78, 5) is 18.9. The molecule has 5 heteroatoms. The molecule has 1 atom stereocenters. The molecule has 2 aromatic rings. The lowest BCUT2D eigenvalue weighted by Crippen LogP contribution is -2.39. The molecule has 0 bridgehead atoms. The van der Waals surface area contributed by atoms with Crippen molar-refractivity contribution in [2.24, 2.45) is 0 Å². The van der Waals surface area contributed by atoms with Crippen LogP contribution in [-0.2, 0) is 4.74 Å². The highest BCUT2D eigenvalue weighted by atomic mass is 32.1. The first kappa shape index (κ1) is 15.3. The van der Waals surface area contributed by atoms with Crippen LogP contribution >= 0.6 is 11.3 Å². The van der Waals surface area contributed by atoms with Crippen LogP contribution in [0.3, 0.4) is 0 Å². The Bertz CT molecular complexity index is 610. The number of Topliss-reactive ketones (excluding diaryl/α,β-unsaturated/α-hetero) is 1. The first-order valence-electron chi connectivity index (χ1n) is 7.55. The molecule has 22 heavy (non-hydrogen) atoms. The molecule has 0 N–H and O–H groups in total. The third kappa shape index (κ3) is 3.80. The molecule has 0 amide bonds. The molecule has 1 fully saturated rings. The van der Waals surface area contributed by atoms with Gasteiger partial charge in [0.25, 0.3) is 0 Å². The summed E-state index contributed by atoms with van der Waals surface area (Å²) in [6, 6.07) is 7.80. The number of carbonyl (C=O) groups is 1. The molecule has 0 saturated carbocycles. The largest absolute Gasteiger partial charge is 0.368 e. The molecule has 0 radical (unpaired) electrons. The number of morpholine rings is 1. The SMILES string of the molecule is Cc1ccc(C(=O)CCN2CCO[C@H](c3nccs3)C2)cc1. The fourth-order valence-electron chi connectivity index (χ4n) is 2.59. The zero-order valence-electron chi connectivity index (χ0n) is 12.7. The monoisotopic (exact) mass is 316 g/mol. The van der Waals surface area contributed by atoms with Gasteiger partial charge in [0.15, 0.2) is 5.78 Å². The molecule has 1 saturated heterocycles. The van der Waals surface area contributed by atoms with E-state index in [0.717, 1.165) is 30.2 Å². The Morgan fingerprint density at radius 1 is 1.41 bits per heavy atom. The smallest absolute Gasteiger partial charge is 0.164 e. The zero-order valence-corrected chi connectivity index (χ0v) is 13.5. The molecule has 116 valence electrons. The number of hydrogen-bond acceptors (Lipinski definition) is 5. The van der Waals surface area contributed by atoms with E-state index in [9.17, 15) is 4.79 Å². The van der Waals surface area contributed by atoms with E-state index in [1.165, 1.54) is 5.56 Å². The third-order valence-electron chi connectivity index (χ3n) is 3.91. The number of ketones is 1. The van der Waals surface area contributed by atoms with Crippen molar-refractivity contribution in [1.82, 2.24) is 9.88 Å². The molecular weight excluding hydrogens is 296 g/mol. The Hall–Kier alpha value is -1.56. The molecular formula is C17H20N2O2S. The van der Waals surface area contributed by atoms with Gasteiger partial charge in [-0.3, -0.25) is 9.69 Å². The Balaban J connectivity index is 1.52. The zero-order chi connectivity index (χ0) is 15.4. The van der Waals surface area contributed by atoms with Crippen molar-refractivity contribution in [2.45, 2.75) is 19.4 Å². The number of hydrogen-bond donors (Lipinski definition) is 0. The average Bonchev–Trinajstić information content (AvgIpc) is 3.08. The second-order valence-electron chi connectivity index (χ2n) is 5.57. The molecule has 0 spiro atoms. The standard InChI is InChI=1S/C17H20N2O2S/c1-13-2-4-14(5-3-13)15(20)6-8-19-9-10-21-16(12-19)17-18-7-11-22-17/h2-5,7,11,16H,6,8-10,12H2,1H3/t16-/m0/s1. The van der Waals surface area contributed by atoms with Gasteiger partial charge in [-0.2, -0.15) is 0 Å². The van der Waals surface area contributed by atoms with Gasteiger partial charge >= 0.3 is 0 Å². The van der Waals surface area contributed by atoms with Gasteiger partial charge in [-0.15, -0.1) is 11.3 Å². The Kier molecular flexibility index (Phi) is 4.97. The maximum absolute atomic E-state index is 12.2. The highest BCUT2D eigenvalue weighted by Gasteiger charge is 2.24. The predicted octanol–water partition coefficient (Wildman–Crippen LogP) is 3.10. The Morgan fingerprint density at radius 3 is 2.95 bits per heavy atom. The minimum Gasteiger partial charge on any atom is -0.368 e. The number of aryl methyl sites for hydroxylation is 1. The third-order valence-corrected chi connectivity index (χ3v) is 4.77. The minimum absolute atomic E-state index is 0.0447. The molecule has 3 rings (SSSR count). The molecule has 2 heterocycles. The second-order valence-corrected chi connectivity index (χ2v) is 6.50. The van der Waals surface area contributed by atoms with Crippen LogP contribution in [0.5, 0.6) is 0 Å². The summed E-state index contributed by atoms with van der Waals surface area (Å²) in [5, 5.41) is 2.99. The average molecular weight is 316 g/mol. The van der Waals surface area contributed by atoms with Crippen LogP contribution in [0.25, 0.3) is 0 Å². The number of thiazole rings is 1. The number of ether oxygens (including phenoxy) is 1. The van der Waals surface area contributed by atoms with Crippen molar-refractivity contribution in [3.8, 4) is 0 Å². The van der Waals surface area contributed by atoms with Crippen molar-refractivity contribution in [2.75, 3.05) is 26.2 Å². The Morgan fingerprint density at radius 2 is 2.23 bits per heavy atom. The summed E-state index contributed by atoms with van der Waals surface area (Å²) in [6.07, 6.45) is 2.40. The molecule has 1 aliphatic heterocycles. The maximum Gasteiger partial charge on any atom is 0.164 e. The molecule has 4 nitrogen and oxygen atoms in total. The van der Waals surface area contributed by atoms with Crippen molar-refractivity contribution in [3.05, 3.63) is 52.0 Å². The summed E-state index contributed by atoms with van der Waals surface area (Å²) in [5.41, 5.74) is 1.98. The van der Waals surface area contributed by atoms with Crippen LogP contribution < -0.4 is 0 Å². The van der Waals surface area contributed by atoms with Crippen LogP contribution in [0.2, 0.25) is 0 Å².